The molecule has 28 heavy (non-hydrogen) atoms. The summed E-state index contributed by atoms with van der Waals surface area (Å²) in [7, 11) is -3.82. The van der Waals surface area contributed by atoms with Crippen molar-refractivity contribution in [2.75, 3.05) is 26.3 Å². The average molecular weight is 462 g/mol. The fourth-order valence-corrected chi connectivity index (χ4v) is 5.50. The number of nitrogens with zero attached hydrogens (tertiary/aromatic N) is 2. The summed E-state index contributed by atoms with van der Waals surface area (Å²) in [4.78, 5) is -0.0406. The van der Waals surface area contributed by atoms with Crippen LogP contribution in [0.1, 0.15) is 5.56 Å². The molecule has 10 heteroatoms. The second kappa shape index (κ2) is 8.07. The molecule has 3 rings (SSSR count). The van der Waals surface area contributed by atoms with Gasteiger partial charge in [0.25, 0.3) is 0 Å². The van der Waals surface area contributed by atoms with Crippen molar-refractivity contribution >= 4 is 44.8 Å². The van der Waals surface area contributed by atoms with Gasteiger partial charge < -0.3 is 9.84 Å². The van der Waals surface area contributed by atoms with E-state index in [1.807, 2.05) is 6.07 Å². The van der Waals surface area contributed by atoms with Gasteiger partial charge in [-0.25, -0.2) is 8.42 Å². The summed E-state index contributed by atoms with van der Waals surface area (Å²) in [5.74, 6) is 0.357. The van der Waals surface area contributed by atoms with Gasteiger partial charge in [0, 0.05) is 18.1 Å². The number of halogens is 3. The van der Waals surface area contributed by atoms with Crippen LogP contribution < -0.4 is 4.74 Å². The third-order valence-electron chi connectivity index (χ3n) is 4.47. The molecule has 0 unspecified atom stereocenters. The maximum atomic E-state index is 12.8. The third kappa shape index (κ3) is 4.08. The molecular formula is C18H15Cl3N2O4S. The van der Waals surface area contributed by atoms with E-state index in [-0.39, 0.29) is 41.2 Å². The van der Waals surface area contributed by atoms with E-state index >= 15 is 0 Å². The lowest BCUT2D eigenvalue weighted by molar-refractivity contribution is -0.0272. The number of ether oxygens (including phenoxy) is 1. The number of aliphatic hydroxyl groups excluding tert-OH is 1. The van der Waals surface area contributed by atoms with Gasteiger partial charge in [-0.1, -0.05) is 34.8 Å². The Morgan fingerprint density at radius 3 is 2.43 bits per heavy atom. The van der Waals surface area contributed by atoms with E-state index < -0.39 is 15.4 Å². The largest absolute Gasteiger partial charge is 0.491 e. The van der Waals surface area contributed by atoms with Gasteiger partial charge in [0.15, 0.2) is 0 Å². The number of aliphatic hydroxyl groups is 1. The van der Waals surface area contributed by atoms with Crippen LogP contribution in [-0.4, -0.2) is 44.1 Å². The van der Waals surface area contributed by atoms with Gasteiger partial charge >= 0.3 is 0 Å². The van der Waals surface area contributed by atoms with Gasteiger partial charge in [-0.2, -0.15) is 9.57 Å². The molecule has 1 heterocycles. The van der Waals surface area contributed by atoms with Gasteiger partial charge in [0.1, 0.15) is 10.6 Å². The lowest BCUT2D eigenvalue weighted by atomic mass is 9.83. The molecule has 1 aliphatic rings. The van der Waals surface area contributed by atoms with Gasteiger partial charge in [0.05, 0.1) is 40.3 Å². The zero-order chi connectivity index (χ0) is 20.5. The van der Waals surface area contributed by atoms with E-state index in [1.54, 1.807) is 12.1 Å². The molecule has 6 nitrogen and oxygen atoms in total. The Morgan fingerprint density at radius 1 is 1.14 bits per heavy atom. The molecule has 1 fully saturated rings. The van der Waals surface area contributed by atoms with Gasteiger partial charge in [0.2, 0.25) is 10.0 Å². The van der Waals surface area contributed by atoms with Crippen LogP contribution in [0, 0.1) is 16.7 Å². The van der Waals surface area contributed by atoms with E-state index in [2.05, 4.69) is 0 Å². The highest BCUT2D eigenvalue weighted by atomic mass is 35.5. The van der Waals surface area contributed by atoms with Gasteiger partial charge in [-0.15, -0.1) is 0 Å². The second-order valence-corrected chi connectivity index (χ2v) is 9.71. The minimum absolute atomic E-state index is 0.0367. The van der Waals surface area contributed by atoms with Crippen molar-refractivity contribution in [3.63, 3.8) is 0 Å². The minimum atomic E-state index is -3.82. The van der Waals surface area contributed by atoms with Crippen molar-refractivity contribution in [1.29, 1.82) is 5.26 Å². The van der Waals surface area contributed by atoms with E-state index in [9.17, 15) is 13.5 Å². The first-order chi connectivity index (χ1) is 13.2. The molecule has 0 atom stereocenters. The second-order valence-electron chi connectivity index (χ2n) is 6.55. The predicted octanol–water partition coefficient (Wildman–Crippen LogP) is 3.58. The SMILES string of the molecule is N#Cc1ccc(OCC2(CO)CN(S(=O)(=O)c3ccc(Cl)cc3Cl)C2)c(Cl)c1. The highest BCUT2D eigenvalue weighted by Gasteiger charge is 2.49. The van der Waals surface area contributed by atoms with Gasteiger partial charge in [-0.3, -0.25) is 0 Å². The minimum Gasteiger partial charge on any atom is -0.491 e. The fourth-order valence-electron chi connectivity index (χ4n) is 2.85. The number of sulfonamides is 1. The predicted molar refractivity (Wildman–Crippen MR) is 106 cm³/mol. The molecule has 1 aliphatic heterocycles. The Bertz CT molecular complexity index is 1050. The van der Waals surface area contributed by atoms with Crippen molar-refractivity contribution in [3.8, 4) is 11.8 Å². The monoisotopic (exact) mass is 460 g/mol. The quantitative estimate of drug-likeness (QED) is 0.710. The number of hydrogen-bond acceptors (Lipinski definition) is 5. The van der Waals surface area contributed by atoms with Crippen molar-refractivity contribution < 1.29 is 18.3 Å². The maximum Gasteiger partial charge on any atom is 0.244 e. The molecule has 0 aromatic heterocycles. The molecule has 0 radical (unpaired) electrons. The lowest BCUT2D eigenvalue weighted by Gasteiger charge is -2.47. The molecule has 0 spiro atoms. The van der Waals surface area contributed by atoms with E-state index in [0.29, 0.717) is 16.3 Å². The fraction of sp³-hybridized carbons (Fsp3) is 0.278. The highest BCUT2D eigenvalue weighted by Crippen LogP contribution is 2.38. The van der Waals surface area contributed by atoms with E-state index in [4.69, 9.17) is 44.8 Å². The number of rotatable bonds is 6. The summed E-state index contributed by atoms with van der Waals surface area (Å²) < 4.78 is 32.4. The standard InChI is InChI=1S/C18H15Cl3N2O4S/c19-13-2-4-17(15(21)6-13)28(25,26)23-8-18(9-23,10-24)11-27-16-3-1-12(7-22)5-14(16)20/h1-6,24H,8-11H2. The normalized spacial score (nSPS) is 16.2. The van der Waals surface area contributed by atoms with Crippen LogP contribution in [-0.2, 0) is 10.0 Å². The third-order valence-corrected chi connectivity index (χ3v) is 7.27. The van der Waals surface area contributed by atoms with Crippen LogP contribution in [0.5, 0.6) is 5.75 Å². The molecule has 148 valence electrons. The number of benzene rings is 2. The molecule has 2 aromatic carbocycles. The van der Waals surface area contributed by atoms with Crippen molar-refractivity contribution in [3.05, 3.63) is 57.0 Å². The van der Waals surface area contributed by atoms with E-state index in [1.165, 1.54) is 28.6 Å². The van der Waals surface area contributed by atoms with Crippen LogP contribution in [0.3, 0.4) is 0 Å². The Morgan fingerprint density at radius 2 is 1.86 bits per heavy atom. The zero-order valence-corrected chi connectivity index (χ0v) is 17.5. The molecule has 0 amide bonds. The van der Waals surface area contributed by atoms with Gasteiger partial charge in [-0.05, 0) is 36.4 Å². The number of hydrogen-bond donors (Lipinski definition) is 1. The highest BCUT2D eigenvalue weighted by molar-refractivity contribution is 7.89. The first-order valence-electron chi connectivity index (χ1n) is 8.09. The van der Waals surface area contributed by atoms with Crippen LogP contribution >= 0.6 is 34.8 Å². The Labute approximate surface area is 177 Å². The average Bonchev–Trinajstić information content (AvgIpc) is 2.61. The summed E-state index contributed by atoms with van der Waals surface area (Å²) in [6, 6.07) is 10.7. The molecule has 0 saturated carbocycles. The van der Waals surface area contributed by atoms with E-state index in [0.717, 1.165) is 0 Å². The zero-order valence-electron chi connectivity index (χ0n) is 14.4. The molecule has 0 aliphatic carbocycles. The molecule has 1 N–H and O–H groups in total. The Hall–Kier alpha value is -1.53. The van der Waals surface area contributed by atoms with Crippen molar-refractivity contribution in [2.24, 2.45) is 5.41 Å². The van der Waals surface area contributed by atoms with Crippen LogP contribution in [0.2, 0.25) is 15.1 Å². The summed E-state index contributed by atoms with van der Waals surface area (Å²) in [5.41, 5.74) is -0.363. The Kier molecular flexibility index (Phi) is 6.11. The maximum absolute atomic E-state index is 12.8. The molecular weight excluding hydrogens is 447 g/mol. The van der Waals surface area contributed by atoms with Crippen LogP contribution in [0.15, 0.2) is 41.3 Å². The van der Waals surface area contributed by atoms with Crippen molar-refractivity contribution in [1.82, 2.24) is 4.31 Å². The van der Waals surface area contributed by atoms with Crippen LogP contribution in [0.4, 0.5) is 0 Å². The molecule has 0 bridgehead atoms. The topological polar surface area (TPSA) is 90.6 Å². The number of nitriles is 1. The van der Waals surface area contributed by atoms with Crippen molar-refractivity contribution in [2.45, 2.75) is 4.90 Å². The first-order valence-corrected chi connectivity index (χ1v) is 10.7. The first kappa shape index (κ1) is 21.2. The summed E-state index contributed by atoms with van der Waals surface area (Å²) in [6.07, 6.45) is 0. The smallest absolute Gasteiger partial charge is 0.244 e. The molecule has 1 saturated heterocycles. The summed E-state index contributed by atoms with van der Waals surface area (Å²) >= 11 is 17.9. The Balaban J connectivity index is 1.70. The lowest BCUT2D eigenvalue weighted by Crippen LogP contribution is -2.62. The molecule has 2 aromatic rings. The summed E-state index contributed by atoms with van der Waals surface area (Å²) in [6.45, 7) is -0.0614. The summed E-state index contributed by atoms with van der Waals surface area (Å²) in [5, 5.41) is 19.3. The van der Waals surface area contributed by atoms with Crippen LogP contribution in [0.25, 0.3) is 0 Å².